The van der Waals surface area contributed by atoms with Crippen LogP contribution in [0.25, 0.3) is 0 Å². The number of nitrogens with zero attached hydrogens (tertiary/aromatic N) is 3. The van der Waals surface area contributed by atoms with E-state index in [1.54, 1.807) is 12.1 Å². The lowest BCUT2D eigenvalue weighted by Crippen LogP contribution is -2.14. The molecule has 14 heteroatoms. The molecule has 3 aromatic carbocycles. The van der Waals surface area contributed by atoms with Crippen molar-refractivity contribution < 1.29 is 26.4 Å². The molecule has 4 aromatic rings. The Kier molecular flexibility index (Phi) is 8.75. The predicted octanol–water partition coefficient (Wildman–Crippen LogP) is 6.14. The fourth-order valence-corrected chi connectivity index (χ4v) is 4.99. The minimum atomic E-state index is -4.64. The summed E-state index contributed by atoms with van der Waals surface area (Å²) in [6.07, 6.45) is -2.92. The third-order valence-electron chi connectivity index (χ3n) is 5.65. The Morgan fingerprint density at radius 2 is 1.71 bits per heavy atom. The molecule has 1 aromatic heterocycles. The topological polar surface area (TPSA) is 137 Å². The molecule has 9 nitrogen and oxygen atoms in total. The molecule has 0 aliphatic carbocycles. The maximum absolute atomic E-state index is 13.0. The Labute approximate surface area is 238 Å². The van der Waals surface area contributed by atoms with Gasteiger partial charge in [-0.15, -0.1) is 0 Å². The average Bonchev–Trinajstić information content (AvgIpc) is 2.95. The molecule has 0 fully saturated rings. The lowest BCUT2D eigenvalue weighted by molar-refractivity contribution is -0.156. The highest BCUT2D eigenvalue weighted by Crippen LogP contribution is 2.30. The number of aldehydes is 1. The molecular weight excluding hydrogens is 581 g/mol. The second kappa shape index (κ2) is 12.2. The first-order valence-electron chi connectivity index (χ1n) is 11.8. The summed E-state index contributed by atoms with van der Waals surface area (Å²) < 4.78 is 60.0. The summed E-state index contributed by atoms with van der Waals surface area (Å²) in [5.41, 5.74) is 4.28. The number of aromatic nitrogens is 2. The zero-order valence-corrected chi connectivity index (χ0v) is 22.5. The fraction of sp³-hybridized carbons (Fsp3) is 0.111. The molecular formula is C27H20ClF3N6O3S. The van der Waals surface area contributed by atoms with E-state index in [4.69, 9.17) is 21.7 Å². The van der Waals surface area contributed by atoms with Gasteiger partial charge in [-0.1, -0.05) is 23.7 Å². The van der Waals surface area contributed by atoms with Crippen LogP contribution in [0.1, 0.15) is 16.7 Å². The fourth-order valence-electron chi connectivity index (χ4n) is 3.75. The van der Waals surface area contributed by atoms with E-state index in [9.17, 15) is 21.6 Å². The summed E-state index contributed by atoms with van der Waals surface area (Å²) in [6, 6.07) is 21.0. The van der Waals surface area contributed by atoms with E-state index in [2.05, 4.69) is 25.3 Å². The number of sulfonamides is 1. The normalized spacial score (nSPS) is 12.4. The second-order valence-electron chi connectivity index (χ2n) is 8.61. The van der Waals surface area contributed by atoms with Crippen molar-refractivity contribution in [3.05, 3.63) is 94.6 Å². The first-order valence-corrected chi connectivity index (χ1v) is 13.7. The van der Waals surface area contributed by atoms with Crippen molar-refractivity contribution in [1.82, 2.24) is 9.97 Å². The Hall–Kier alpha value is -4.67. The lowest BCUT2D eigenvalue weighted by Gasteiger charge is -2.15. The van der Waals surface area contributed by atoms with Crippen LogP contribution >= 0.6 is 11.6 Å². The van der Waals surface area contributed by atoms with Gasteiger partial charge in [0.2, 0.25) is 12.2 Å². The van der Waals surface area contributed by atoms with E-state index in [1.165, 1.54) is 30.5 Å². The molecule has 210 valence electrons. The minimum Gasteiger partial charge on any atom is -0.339 e. The highest BCUT2D eigenvalue weighted by Gasteiger charge is 2.25. The van der Waals surface area contributed by atoms with Crippen LogP contribution in [0.15, 0.2) is 77.8 Å². The van der Waals surface area contributed by atoms with Crippen molar-refractivity contribution in [3.8, 4) is 6.07 Å². The van der Waals surface area contributed by atoms with E-state index in [-0.39, 0.29) is 4.90 Å². The van der Waals surface area contributed by atoms with Crippen molar-refractivity contribution in [3.63, 3.8) is 0 Å². The number of alkyl halides is 3. The predicted molar refractivity (Wildman–Crippen MR) is 148 cm³/mol. The summed E-state index contributed by atoms with van der Waals surface area (Å²) in [5.74, 6) is 0.830. The van der Waals surface area contributed by atoms with Crippen molar-refractivity contribution >= 4 is 56.7 Å². The number of hydrogen-bond acceptors (Lipinski definition) is 8. The number of nitriles is 1. The van der Waals surface area contributed by atoms with Gasteiger partial charge < -0.3 is 10.6 Å². The second-order valence-corrected chi connectivity index (χ2v) is 10.7. The third-order valence-corrected chi connectivity index (χ3v) is 7.31. The molecule has 0 atom stereocenters. The Bertz CT molecular complexity index is 1730. The number of fused-ring (bicyclic) bond motifs is 6. The largest absolute Gasteiger partial charge is 0.446 e. The minimum absolute atomic E-state index is 0.0783. The van der Waals surface area contributed by atoms with E-state index in [0.717, 1.165) is 16.8 Å². The van der Waals surface area contributed by atoms with Gasteiger partial charge in [-0.2, -0.15) is 23.4 Å². The first-order chi connectivity index (χ1) is 19.5. The quantitative estimate of drug-likeness (QED) is 0.239. The zero-order valence-electron chi connectivity index (χ0n) is 20.9. The number of benzene rings is 3. The van der Waals surface area contributed by atoms with Crippen molar-refractivity contribution in [2.24, 2.45) is 0 Å². The average molecular weight is 601 g/mol. The van der Waals surface area contributed by atoms with E-state index < -0.39 is 22.5 Å². The molecule has 1 aliphatic rings. The number of anilines is 5. The molecule has 3 N–H and O–H groups in total. The molecule has 5 rings (SSSR count). The van der Waals surface area contributed by atoms with Crippen LogP contribution in [0.3, 0.4) is 0 Å². The summed E-state index contributed by atoms with van der Waals surface area (Å²) in [5, 5.41) is 15.7. The van der Waals surface area contributed by atoms with Crippen molar-refractivity contribution in [1.29, 1.82) is 5.26 Å². The number of carbonyl (C=O) groups excluding carboxylic acids is 1. The van der Waals surface area contributed by atoms with Crippen LogP contribution in [0.4, 0.5) is 42.0 Å². The van der Waals surface area contributed by atoms with Crippen molar-refractivity contribution in [2.75, 3.05) is 15.4 Å². The highest BCUT2D eigenvalue weighted by molar-refractivity contribution is 7.92. The van der Waals surface area contributed by atoms with Gasteiger partial charge in [-0.25, -0.2) is 13.4 Å². The van der Waals surface area contributed by atoms with Gasteiger partial charge in [0.05, 0.1) is 28.4 Å². The van der Waals surface area contributed by atoms with Gasteiger partial charge in [-0.05, 0) is 78.6 Å². The first kappa shape index (κ1) is 29.3. The van der Waals surface area contributed by atoms with Gasteiger partial charge in [-0.3, -0.25) is 9.52 Å². The molecule has 0 spiro atoms. The molecule has 0 saturated carbocycles. The van der Waals surface area contributed by atoms with Crippen LogP contribution in [0.2, 0.25) is 5.02 Å². The third kappa shape index (κ3) is 7.93. The van der Waals surface area contributed by atoms with Crippen molar-refractivity contribution in [2.45, 2.75) is 23.9 Å². The number of nitrogens with one attached hydrogen (secondary N) is 3. The Morgan fingerprint density at radius 3 is 2.39 bits per heavy atom. The molecule has 1 aliphatic heterocycles. The zero-order chi connectivity index (χ0) is 29.6. The maximum Gasteiger partial charge on any atom is 0.446 e. The Morgan fingerprint density at radius 1 is 1.00 bits per heavy atom. The SMILES string of the molecule is N#Cc1ccc(S(=O)(=O)Nc2ccc3cc2CCc2cccc(c2)Nc2ncc(Cl)c(n2)N3)cc1.O=CC(F)(F)F. The van der Waals surface area contributed by atoms with Crippen LogP contribution in [-0.4, -0.2) is 30.8 Å². The number of aryl methyl sites for hydroxylation is 2. The standard InChI is InChI=1S/C25H19ClN6O2S.C2HF3O/c26-22-15-28-25-30-19-3-1-2-16(12-19)4-7-18-13-20(29-24(22)31-25)8-11-23(18)32-35(33,34)21-9-5-17(14-27)6-10-21;3-2(4,5)1-6/h1-3,5-6,8-13,15,32H,4,7H2,(H2,28,29,30,31);1H. The van der Waals surface area contributed by atoms with Crippen LogP contribution < -0.4 is 15.4 Å². The van der Waals surface area contributed by atoms with Crippen LogP contribution in [-0.2, 0) is 27.7 Å². The monoisotopic (exact) mass is 600 g/mol. The maximum atomic E-state index is 13.0. The molecule has 2 heterocycles. The summed E-state index contributed by atoms with van der Waals surface area (Å²) in [4.78, 5) is 17.5. The van der Waals surface area contributed by atoms with Gasteiger partial charge in [0.1, 0.15) is 5.02 Å². The van der Waals surface area contributed by atoms with Gasteiger partial charge >= 0.3 is 6.18 Å². The summed E-state index contributed by atoms with van der Waals surface area (Å²) in [7, 11) is -3.85. The van der Waals surface area contributed by atoms with E-state index >= 15 is 0 Å². The number of halogens is 4. The highest BCUT2D eigenvalue weighted by atomic mass is 35.5. The molecule has 0 amide bonds. The molecule has 0 unspecified atom stereocenters. The molecule has 6 bridgehead atoms. The summed E-state index contributed by atoms with van der Waals surface area (Å²) >= 11 is 6.31. The van der Waals surface area contributed by atoms with Crippen LogP contribution in [0.5, 0.6) is 0 Å². The molecule has 0 saturated heterocycles. The lowest BCUT2D eigenvalue weighted by atomic mass is 10.0. The number of hydrogen-bond donors (Lipinski definition) is 3. The molecule has 0 radical (unpaired) electrons. The summed E-state index contributed by atoms with van der Waals surface area (Å²) in [6.45, 7) is 0. The number of rotatable bonds is 3. The van der Waals surface area contributed by atoms with E-state index in [1.807, 2.05) is 36.4 Å². The van der Waals surface area contributed by atoms with Crippen LogP contribution in [0, 0.1) is 11.3 Å². The van der Waals surface area contributed by atoms with Gasteiger partial charge in [0, 0.05) is 11.4 Å². The van der Waals surface area contributed by atoms with Gasteiger partial charge in [0.25, 0.3) is 10.0 Å². The number of carbonyl (C=O) groups is 1. The molecule has 41 heavy (non-hydrogen) atoms. The van der Waals surface area contributed by atoms with E-state index in [0.29, 0.717) is 46.6 Å². The smallest absolute Gasteiger partial charge is 0.339 e. The van der Waals surface area contributed by atoms with Gasteiger partial charge in [0.15, 0.2) is 5.82 Å². The Balaban J connectivity index is 0.000000585.